The highest BCUT2D eigenvalue weighted by Crippen LogP contribution is 2.57. The minimum absolute atomic E-state index is 0.203. The van der Waals surface area contributed by atoms with E-state index in [4.69, 9.17) is 0 Å². The van der Waals surface area contributed by atoms with E-state index in [1.807, 2.05) is 0 Å². The van der Waals surface area contributed by atoms with Gasteiger partial charge in [-0.05, 0) is 30.7 Å². The Bertz CT molecular complexity index is 747. The molecule has 0 radical (unpaired) electrons. The third kappa shape index (κ3) is 2.55. The first-order valence-electron chi connectivity index (χ1n) is 6.69. The van der Waals surface area contributed by atoms with Crippen molar-refractivity contribution >= 4 is 21.6 Å². The molecule has 1 N–H and O–H groups in total. The minimum atomic E-state index is -4.80. The maximum absolute atomic E-state index is 12.3. The summed E-state index contributed by atoms with van der Waals surface area (Å²) in [5, 5.41) is 2.45. The van der Waals surface area contributed by atoms with Gasteiger partial charge in [-0.3, -0.25) is 4.79 Å². The molecule has 0 aromatic heterocycles. The quantitative estimate of drug-likeness (QED) is 0.898. The molecule has 0 bridgehead atoms. The van der Waals surface area contributed by atoms with Gasteiger partial charge < -0.3 is 10.1 Å². The molecule has 1 aromatic carbocycles. The molecule has 126 valence electrons. The van der Waals surface area contributed by atoms with Crippen molar-refractivity contribution in [1.82, 2.24) is 4.31 Å². The molecule has 23 heavy (non-hydrogen) atoms. The summed E-state index contributed by atoms with van der Waals surface area (Å²) in [7, 11) is -2.28. The van der Waals surface area contributed by atoms with Crippen molar-refractivity contribution in [1.29, 1.82) is 0 Å². The summed E-state index contributed by atoms with van der Waals surface area (Å²) in [6.07, 6.45) is -4.53. The number of anilines is 1. The average molecular weight is 350 g/mol. The normalized spacial score (nSPS) is 29.0. The third-order valence-electron chi connectivity index (χ3n) is 4.13. The van der Waals surface area contributed by atoms with Crippen molar-refractivity contribution in [2.24, 2.45) is 5.92 Å². The zero-order valence-electron chi connectivity index (χ0n) is 11.9. The first-order chi connectivity index (χ1) is 10.6. The fourth-order valence-electron chi connectivity index (χ4n) is 2.89. The smallest absolute Gasteiger partial charge is 0.406 e. The number of ether oxygens (including phenoxy) is 1. The van der Waals surface area contributed by atoms with Crippen LogP contribution in [0.3, 0.4) is 0 Å². The molecule has 1 aliphatic carbocycles. The molecule has 1 amide bonds. The number of hydrogen-bond acceptors (Lipinski definition) is 4. The lowest BCUT2D eigenvalue weighted by atomic mass is 10.2. The predicted molar refractivity (Wildman–Crippen MR) is 74.1 cm³/mol. The van der Waals surface area contributed by atoms with Gasteiger partial charge in [0.1, 0.15) is 5.75 Å². The largest absolute Gasteiger partial charge is 0.573 e. The molecule has 1 saturated heterocycles. The number of carbonyl (C=O) groups excluding carboxylic acids is 1. The lowest BCUT2D eigenvalue weighted by Gasteiger charge is -2.17. The van der Waals surface area contributed by atoms with Crippen LogP contribution in [0.2, 0.25) is 0 Å². The van der Waals surface area contributed by atoms with Crippen LogP contribution in [-0.4, -0.2) is 43.3 Å². The molecule has 1 aliphatic heterocycles. The summed E-state index contributed by atoms with van der Waals surface area (Å²) >= 11 is 0. The van der Waals surface area contributed by atoms with Gasteiger partial charge in [-0.1, -0.05) is 0 Å². The second kappa shape index (κ2) is 4.84. The van der Waals surface area contributed by atoms with E-state index in [9.17, 15) is 26.4 Å². The number of rotatable bonds is 3. The number of sulfonamides is 1. The zero-order chi connectivity index (χ0) is 17.0. The van der Waals surface area contributed by atoms with Gasteiger partial charge in [-0.2, -0.15) is 0 Å². The number of nitrogens with one attached hydrogen (secondary N) is 1. The molecule has 3 rings (SSSR count). The topological polar surface area (TPSA) is 75.7 Å². The van der Waals surface area contributed by atoms with Crippen molar-refractivity contribution in [3.05, 3.63) is 24.3 Å². The molecule has 2 atom stereocenters. The van der Waals surface area contributed by atoms with E-state index >= 15 is 0 Å². The van der Waals surface area contributed by atoms with E-state index in [0.29, 0.717) is 6.54 Å². The maximum atomic E-state index is 12.3. The Kier molecular flexibility index (Phi) is 3.38. The molecule has 0 unspecified atom stereocenters. The van der Waals surface area contributed by atoms with Gasteiger partial charge in [0.25, 0.3) is 0 Å². The fraction of sp³-hybridized carbons (Fsp3) is 0.462. The van der Waals surface area contributed by atoms with Gasteiger partial charge in [-0.25, -0.2) is 12.7 Å². The van der Waals surface area contributed by atoms with Gasteiger partial charge in [0.15, 0.2) is 4.75 Å². The second-order valence-corrected chi connectivity index (χ2v) is 7.90. The first kappa shape index (κ1) is 16.1. The van der Waals surface area contributed by atoms with Crippen LogP contribution in [0.4, 0.5) is 18.9 Å². The van der Waals surface area contributed by atoms with E-state index < -0.39 is 32.8 Å². The molecular formula is C13H13F3N2O4S. The summed E-state index contributed by atoms with van der Waals surface area (Å²) in [6.45, 7) is 0.300. The molecule has 0 spiro atoms. The summed E-state index contributed by atoms with van der Waals surface area (Å²) in [5.41, 5.74) is 0.203. The number of fused-ring (bicyclic) bond motifs is 1. The highest BCUT2D eigenvalue weighted by molar-refractivity contribution is 7.92. The van der Waals surface area contributed by atoms with Crippen LogP contribution in [0.5, 0.6) is 5.75 Å². The molecule has 1 aromatic rings. The second-order valence-electron chi connectivity index (χ2n) is 5.60. The van der Waals surface area contributed by atoms with Crippen LogP contribution >= 0.6 is 0 Å². The van der Waals surface area contributed by atoms with Crippen LogP contribution in [0.1, 0.15) is 6.42 Å². The van der Waals surface area contributed by atoms with Crippen LogP contribution in [0.25, 0.3) is 0 Å². The van der Waals surface area contributed by atoms with Gasteiger partial charge in [0.05, 0.1) is 0 Å². The van der Waals surface area contributed by atoms with Crippen molar-refractivity contribution in [3.63, 3.8) is 0 Å². The molecule has 10 heteroatoms. The highest BCUT2D eigenvalue weighted by Gasteiger charge is 2.74. The van der Waals surface area contributed by atoms with Crippen LogP contribution in [0.15, 0.2) is 24.3 Å². The Hall–Kier alpha value is -1.81. The van der Waals surface area contributed by atoms with Gasteiger partial charge >= 0.3 is 6.36 Å². The lowest BCUT2D eigenvalue weighted by Crippen LogP contribution is -2.40. The molecule has 2 fully saturated rings. The number of alkyl halides is 3. The minimum Gasteiger partial charge on any atom is -0.406 e. The highest BCUT2D eigenvalue weighted by atomic mass is 32.2. The monoisotopic (exact) mass is 350 g/mol. The Morgan fingerprint density at radius 1 is 1.35 bits per heavy atom. The summed E-state index contributed by atoms with van der Waals surface area (Å²) < 4.78 is 64.1. The number of hydrogen-bond donors (Lipinski definition) is 1. The molecule has 1 heterocycles. The maximum Gasteiger partial charge on any atom is 0.573 e. The van der Waals surface area contributed by atoms with Crippen LogP contribution < -0.4 is 10.1 Å². The SMILES string of the molecule is CN1C[C@@H]2C[C@@]2(C(=O)Nc2ccc(OC(F)(F)F)cc2)S1(=O)=O. The Morgan fingerprint density at radius 3 is 2.43 bits per heavy atom. The Labute approximate surface area is 130 Å². The average Bonchev–Trinajstić information content (AvgIpc) is 3.10. The van der Waals surface area contributed by atoms with Crippen molar-refractivity contribution in [2.45, 2.75) is 17.5 Å². The first-order valence-corrected chi connectivity index (χ1v) is 8.13. The summed E-state index contributed by atoms with van der Waals surface area (Å²) in [4.78, 5) is 12.3. The third-order valence-corrected chi connectivity index (χ3v) is 6.70. The van der Waals surface area contributed by atoms with Crippen LogP contribution in [0, 0.1) is 5.92 Å². The number of nitrogens with zero attached hydrogens (tertiary/aromatic N) is 1. The fourth-order valence-corrected chi connectivity index (χ4v) is 5.02. The molecule has 1 saturated carbocycles. The summed E-state index contributed by atoms with van der Waals surface area (Å²) in [5.74, 6) is -1.33. The van der Waals surface area contributed by atoms with Gasteiger partial charge in [0, 0.05) is 25.2 Å². The molecule has 6 nitrogen and oxygen atoms in total. The number of amides is 1. The van der Waals surface area contributed by atoms with Crippen molar-refractivity contribution in [3.8, 4) is 5.75 Å². The molecule has 2 aliphatic rings. The number of halogens is 3. The van der Waals surface area contributed by atoms with E-state index in [0.717, 1.165) is 16.4 Å². The van der Waals surface area contributed by atoms with Crippen LogP contribution in [-0.2, 0) is 14.8 Å². The lowest BCUT2D eigenvalue weighted by molar-refractivity contribution is -0.274. The molecular weight excluding hydrogens is 337 g/mol. The van der Waals surface area contributed by atoms with E-state index in [-0.39, 0.29) is 18.0 Å². The van der Waals surface area contributed by atoms with Crippen molar-refractivity contribution < 1.29 is 31.1 Å². The van der Waals surface area contributed by atoms with E-state index in [1.54, 1.807) is 0 Å². The number of benzene rings is 1. The predicted octanol–water partition coefficient (Wildman–Crippen LogP) is 1.56. The van der Waals surface area contributed by atoms with E-state index in [2.05, 4.69) is 10.1 Å². The van der Waals surface area contributed by atoms with E-state index in [1.165, 1.54) is 19.2 Å². The Morgan fingerprint density at radius 2 is 1.96 bits per heavy atom. The zero-order valence-corrected chi connectivity index (χ0v) is 12.7. The standard InChI is InChI=1S/C13H13F3N2O4S/c1-18-7-8-6-12(8,23(18,20)21)11(19)17-9-2-4-10(5-3-9)22-13(14,15)16/h2-5,8H,6-7H2,1H3,(H,17,19)/t8-,12+/m0/s1. The number of carbonyl (C=O) groups is 1. The summed E-state index contributed by atoms with van der Waals surface area (Å²) in [6, 6.07) is 4.53. The van der Waals surface area contributed by atoms with Gasteiger partial charge in [0.2, 0.25) is 15.9 Å². The Balaban J connectivity index is 1.73. The van der Waals surface area contributed by atoms with Crippen molar-refractivity contribution in [2.75, 3.05) is 18.9 Å². The van der Waals surface area contributed by atoms with Gasteiger partial charge in [-0.15, -0.1) is 13.2 Å².